The highest BCUT2D eigenvalue weighted by molar-refractivity contribution is 7.18. The van der Waals surface area contributed by atoms with E-state index in [4.69, 9.17) is 11.6 Å². The van der Waals surface area contributed by atoms with Gasteiger partial charge in [-0.15, -0.1) is 11.3 Å². The Balaban J connectivity index is 2.25. The molecule has 1 heterocycles. The van der Waals surface area contributed by atoms with Gasteiger partial charge in [-0.25, -0.2) is 9.18 Å². The predicted octanol–water partition coefficient (Wildman–Crippen LogP) is 4.16. The molecule has 1 N–H and O–H groups in total. The van der Waals surface area contributed by atoms with E-state index in [1.165, 1.54) is 31.4 Å². The molecule has 0 aliphatic carbocycles. The summed E-state index contributed by atoms with van der Waals surface area (Å²) in [7, 11) is 1.23. The number of methoxy groups -OCH3 is 1. The topological polar surface area (TPSA) is 79.2 Å². The molecule has 0 radical (unpaired) electrons. The Morgan fingerprint density at radius 1 is 1.44 bits per heavy atom. The van der Waals surface area contributed by atoms with E-state index in [2.05, 4.69) is 10.1 Å². The second kappa shape index (κ2) is 7.92. The zero-order valence-electron chi connectivity index (χ0n) is 13.2. The van der Waals surface area contributed by atoms with E-state index < -0.39 is 17.7 Å². The molecule has 8 heteroatoms. The van der Waals surface area contributed by atoms with Crippen molar-refractivity contribution in [2.45, 2.75) is 6.92 Å². The lowest BCUT2D eigenvalue weighted by Gasteiger charge is -2.01. The quantitative estimate of drug-likeness (QED) is 0.640. The minimum absolute atomic E-state index is 0.0810. The smallest absolute Gasteiger partial charge is 0.348 e. The van der Waals surface area contributed by atoms with E-state index in [9.17, 15) is 19.2 Å². The van der Waals surface area contributed by atoms with Crippen LogP contribution in [0.4, 0.5) is 9.39 Å². The van der Waals surface area contributed by atoms with Gasteiger partial charge < -0.3 is 10.1 Å². The summed E-state index contributed by atoms with van der Waals surface area (Å²) in [5.41, 5.74) is 0.685. The second-order valence-corrected chi connectivity index (χ2v) is 6.25. The number of nitrogens with zero attached hydrogens (tertiary/aromatic N) is 1. The van der Waals surface area contributed by atoms with Crippen molar-refractivity contribution < 1.29 is 18.7 Å². The molecule has 1 aromatic carbocycles. The zero-order valence-corrected chi connectivity index (χ0v) is 14.8. The molecule has 0 bridgehead atoms. The van der Waals surface area contributed by atoms with Gasteiger partial charge in [0.1, 0.15) is 21.8 Å². The monoisotopic (exact) mass is 378 g/mol. The highest BCUT2D eigenvalue weighted by atomic mass is 35.5. The van der Waals surface area contributed by atoms with E-state index in [1.807, 2.05) is 6.07 Å². The Labute approximate surface area is 152 Å². The van der Waals surface area contributed by atoms with Crippen molar-refractivity contribution in [3.05, 3.63) is 56.7 Å². The van der Waals surface area contributed by atoms with Gasteiger partial charge in [-0.3, -0.25) is 4.79 Å². The maximum absolute atomic E-state index is 13.7. The molecule has 0 aliphatic rings. The van der Waals surface area contributed by atoms with Crippen LogP contribution >= 0.6 is 22.9 Å². The maximum atomic E-state index is 13.7. The molecular formula is C17H12ClFN2O3S. The van der Waals surface area contributed by atoms with Crippen molar-refractivity contribution in [1.29, 1.82) is 5.26 Å². The Morgan fingerprint density at radius 2 is 2.16 bits per heavy atom. The van der Waals surface area contributed by atoms with Crippen molar-refractivity contribution >= 4 is 45.9 Å². The van der Waals surface area contributed by atoms with Crippen LogP contribution in [-0.2, 0) is 9.53 Å². The third kappa shape index (κ3) is 4.05. The summed E-state index contributed by atoms with van der Waals surface area (Å²) in [6.07, 6.45) is 2.33. The summed E-state index contributed by atoms with van der Waals surface area (Å²) in [5.74, 6) is -1.74. The fourth-order valence-electron chi connectivity index (χ4n) is 2.01. The fraction of sp³-hybridized carbons (Fsp3) is 0.118. The second-order valence-electron chi connectivity index (χ2n) is 4.82. The van der Waals surface area contributed by atoms with Crippen LogP contribution in [0.5, 0.6) is 0 Å². The third-order valence-corrected chi connectivity index (χ3v) is 4.78. The summed E-state index contributed by atoms with van der Waals surface area (Å²) in [5, 5.41) is 12.1. The first kappa shape index (κ1) is 18.6. The Kier molecular flexibility index (Phi) is 5.91. The van der Waals surface area contributed by atoms with Gasteiger partial charge in [-0.2, -0.15) is 5.26 Å². The molecule has 0 fully saturated rings. The normalized spacial score (nSPS) is 10.5. The van der Waals surface area contributed by atoms with Gasteiger partial charge >= 0.3 is 5.97 Å². The number of carbonyl (C=O) groups is 2. The predicted molar refractivity (Wildman–Crippen MR) is 94.2 cm³/mol. The van der Waals surface area contributed by atoms with Gasteiger partial charge in [0.25, 0.3) is 0 Å². The number of amides is 1. The number of hydrogen-bond acceptors (Lipinski definition) is 5. The van der Waals surface area contributed by atoms with E-state index in [0.717, 1.165) is 17.4 Å². The van der Waals surface area contributed by atoms with Gasteiger partial charge in [-0.1, -0.05) is 17.7 Å². The minimum Gasteiger partial charge on any atom is -0.465 e. The van der Waals surface area contributed by atoms with Crippen molar-refractivity contribution in [2.24, 2.45) is 0 Å². The molecule has 0 aliphatic heterocycles. The number of rotatable bonds is 4. The van der Waals surface area contributed by atoms with Crippen LogP contribution in [0.3, 0.4) is 0 Å². The Hall–Kier alpha value is -2.69. The number of ether oxygens (including phenoxy) is 1. The SMILES string of the molecule is COC(=O)c1sc(NC(=O)C=Cc2c(F)cccc2Cl)c(C#N)c1C. The summed E-state index contributed by atoms with van der Waals surface area (Å²) in [6, 6.07) is 6.12. The number of hydrogen-bond donors (Lipinski definition) is 1. The molecule has 0 saturated carbocycles. The van der Waals surface area contributed by atoms with Crippen LogP contribution in [0.25, 0.3) is 6.08 Å². The van der Waals surface area contributed by atoms with Gasteiger partial charge in [0.15, 0.2) is 0 Å². The van der Waals surface area contributed by atoms with Crippen molar-refractivity contribution in [2.75, 3.05) is 12.4 Å². The van der Waals surface area contributed by atoms with E-state index >= 15 is 0 Å². The average molecular weight is 379 g/mol. The molecule has 1 aromatic heterocycles. The van der Waals surface area contributed by atoms with Crippen molar-refractivity contribution in [3.8, 4) is 6.07 Å². The minimum atomic E-state index is -0.590. The maximum Gasteiger partial charge on any atom is 0.348 e. The van der Waals surface area contributed by atoms with Crippen LogP contribution in [0.15, 0.2) is 24.3 Å². The lowest BCUT2D eigenvalue weighted by Crippen LogP contribution is -2.07. The van der Waals surface area contributed by atoms with E-state index in [1.54, 1.807) is 6.92 Å². The molecule has 2 rings (SSSR count). The van der Waals surface area contributed by atoms with E-state index in [-0.39, 0.29) is 26.0 Å². The standard InChI is InChI=1S/C17H12ClFN2O3S/c1-9-11(8-20)16(25-15(9)17(23)24-2)21-14(22)7-6-10-12(18)4-3-5-13(10)19/h3-7H,1-2H3,(H,21,22). The largest absolute Gasteiger partial charge is 0.465 e. The molecular weight excluding hydrogens is 367 g/mol. The van der Waals surface area contributed by atoms with Gasteiger partial charge in [-0.05, 0) is 30.7 Å². The number of nitrogens with one attached hydrogen (secondary N) is 1. The molecule has 0 saturated heterocycles. The van der Waals surface area contributed by atoms with Crippen LogP contribution in [0.2, 0.25) is 5.02 Å². The first-order valence-corrected chi connectivity index (χ1v) is 8.13. The van der Waals surface area contributed by atoms with Gasteiger partial charge in [0, 0.05) is 11.6 Å². The van der Waals surface area contributed by atoms with E-state index in [0.29, 0.717) is 5.56 Å². The highest BCUT2D eigenvalue weighted by Crippen LogP contribution is 2.33. The Morgan fingerprint density at radius 3 is 2.76 bits per heavy atom. The summed E-state index contributed by atoms with van der Waals surface area (Å²) < 4.78 is 18.3. The molecule has 1 amide bonds. The van der Waals surface area contributed by atoms with Gasteiger partial charge in [0.05, 0.1) is 17.7 Å². The zero-order chi connectivity index (χ0) is 18.6. The third-order valence-electron chi connectivity index (χ3n) is 3.27. The molecule has 25 heavy (non-hydrogen) atoms. The van der Waals surface area contributed by atoms with Crippen LogP contribution in [0.1, 0.15) is 26.4 Å². The Bertz CT molecular complexity index is 895. The lowest BCUT2D eigenvalue weighted by atomic mass is 10.1. The van der Waals surface area contributed by atoms with Crippen LogP contribution in [0, 0.1) is 24.1 Å². The number of esters is 1. The number of halogens is 2. The number of nitriles is 1. The molecule has 2 aromatic rings. The molecule has 5 nitrogen and oxygen atoms in total. The van der Waals surface area contributed by atoms with Gasteiger partial charge in [0.2, 0.25) is 5.91 Å². The number of thiophene rings is 1. The number of carbonyl (C=O) groups excluding carboxylic acids is 2. The summed E-state index contributed by atoms with van der Waals surface area (Å²) in [4.78, 5) is 24.0. The first-order valence-electron chi connectivity index (χ1n) is 6.94. The molecule has 0 atom stereocenters. The number of anilines is 1. The number of benzene rings is 1. The summed E-state index contributed by atoms with van der Waals surface area (Å²) in [6.45, 7) is 1.59. The summed E-state index contributed by atoms with van der Waals surface area (Å²) >= 11 is 6.82. The van der Waals surface area contributed by atoms with Crippen LogP contribution in [-0.4, -0.2) is 19.0 Å². The molecule has 128 valence electrons. The van der Waals surface area contributed by atoms with Crippen molar-refractivity contribution in [1.82, 2.24) is 0 Å². The fourth-order valence-corrected chi connectivity index (χ4v) is 3.31. The molecule has 0 unspecified atom stereocenters. The molecule has 0 spiro atoms. The van der Waals surface area contributed by atoms with Crippen LogP contribution < -0.4 is 5.32 Å². The average Bonchev–Trinajstić information content (AvgIpc) is 2.89. The highest BCUT2D eigenvalue weighted by Gasteiger charge is 2.21. The van der Waals surface area contributed by atoms with Crippen molar-refractivity contribution in [3.63, 3.8) is 0 Å². The lowest BCUT2D eigenvalue weighted by molar-refractivity contribution is -0.111. The first-order chi connectivity index (χ1) is 11.9.